The smallest absolute Gasteiger partial charge is 0.278 e. The van der Waals surface area contributed by atoms with Gasteiger partial charge < -0.3 is 9.84 Å². The molecule has 0 aliphatic carbocycles. The molecule has 2 aromatic carbocycles. The summed E-state index contributed by atoms with van der Waals surface area (Å²) in [5, 5.41) is 12.4. The Hall–Kier alpha value is -3.49. The van der Waals surface area contributed by atoms with Crippen molar-refractivity contribution in [2.45, 2.75) is 20.4 Å². The molecule has 0 aliphatic rings. The zero-order chi connectivity index (χ0) is 22.2. The number of hydrogen-bond acceptors (Lipinski definition) is 6. The molecule has 160 valence electrons. The average Bonchev–Trinajstić information content (AvgIpc) is 3.48. The molecular weight excluding hydrogens is 446 g/mol. The summed E-state index contributed by atoms with van der Waals surface area (Å²) in [6.07, 6.45) is 3.22. The van der Waals surface area contributed by atoms with Gasteiger partial charge in [0.25, 0.3) is 5.91 Å². The fourth-order valence-electron chi connectivity index (χ4n) is 3.38. The van der Waals surface area contributed by atoms with E-state index >= 15 is 0 Å². The summed E-state index contributed by atoms with van der Waals surface area (Å²) in [5.41, 5.74) is 4.73. The number of benzene rings is 2. The van der Waals surface area contributed by atoms with E-state index in [1.165, 1.54) is 11.8 Å². The van der Waals surface area contributed by atoms with Crippen molar-refractivity contribution in [2.75, 3.05) is 5.32 Å². The molecule has 0 unspecified atom stereocenters. The topological polar surface area (TPSA) is 85.8 Å². The predicted molar refractivity (Wildman–Crippen MR) is 125 cm³/mol. The lowest BCUT2D eigenvalue weighted by Gasteiger charge is -2.06. The third-order valence-corrected chi connectivity index (χ3v) is 6.32. The molecule has 0 bridgehead atoms. The van der Waals surface area contributed by atoms with Crippen LogP contribution in [0.1, 0.15) is 27.4 Å². The van der Waals surface area contributed by atoms with Crippen LogP contribution < -0.4 is 5.32 Å². The number of fused-ring (bicyclic) bond motifs is 1. The van der Waals surface area contributed by atoms with E-state index in [1.54, 1.807) is 29.1 Å². The fraction of sp³-hybridized carbons (Fsp3) is 0.130. The number of hydrogen-bond donors (Lipinski definition) is 1. The molecule has 3 aromatic heterocycles. The van der Waals surface area contributed by atoms with Gasteiger partial charge in [-0.1, -0.05) is 22.8 Å². The van der Waals surface area contributed by atoms with Gasteiger partial charge in [-0.15, -0.1) is 11.3 Å². The summed E-state index contributed by atoms with van der Waals surface area (Å²) in [6, 6.07) is 13.8. The Morgan fingerprint density at radius 1 is 1.19 bits per heavy atom. The van der Waals surface area contributed by atoms with Gasteiger partial charge in [0, 0.05) is 23.0 Å². The fourth-order valence-corrected chi connectivity index (χ4v) is 4.61. The molecule has 0 saturated carbocycles. The van der Waals surface area contributed by atoms with Crippen LogP contribution >= 0.6 is 22.9 Å². The molecule has 0 saturated heterocycles. The number of carbonyl (C=O) groups excluding carboxylic acids is 1. The maximum absolute atomic E-state index is 12.8. The first kappa shape index (κ1) is 20.4. The van der Waals surface area contributed by atoms with Crippen LogP contribution in [0.25, 0.3) is 20.8 Å². The van der Waals surface area contributed by atoms with Crippen LogP contribution in [0.4, 0.5) is 5.69 Å². The van der Waals surface area contributed by atoms with Gasteiger partial charge in [0.1, 0.15) is 10.8 Å². The number of amides is 1. The lowest BCUT2D eigenvalue weighted by Crippen LogP contribution is -2.16. The molecule has 1 amide bonds. The normalized spacial score (nSPS) is 11.2. The van der Waals surface area contributed by atoms with Gasteiger partial charge in [-0.05, 0) is 55.8 Å². The maximum atomic E-state index is 12.8. The standard InChI is InChI=1S/C23H18ClN5O2S/c1-13-3-8-19-20(9-13)32-23(27-19)15-4-6-17(7-5-15)26-22(30)21-18(14(2)31-28-21)12-29-11-16(24)10-25-29/h3-11H,12H2,1-2H3,(H,26,30). The number of carbonyl (C=O) groups is 1. The molecule has 32 heavy (non-hydrogen) atoms. The van der Waals surface area contributed by atoms with Gasteiger partial charge in [-0.25, -0.2) is 4.98 Å². The van der Waals surface area contributed by atoms with E-state index in [-0.39, 0.29) is 11.6 Å². The number of aromatic nitrogens is 4. The van der Waals surface area contributed by atoms with Crippen LogP contribution in [0.2, 0.25) is 5.02 Å². The number of nitrogens with one attached hydrogen (secondary N) is 1. The molecule has 9 heteroatoms. The van der Waals surface area contributed by atoms with Gasteiger partial charge in [-0.3, -0.25) is 9.48 Å². The Labute approximate surface area is 192 Å². The first-order chi connectivity index (χ1) is 15.5. The highest BCUT2D eigenvalue weighted by molar-refractivity contribution is 7.21. The predicted octanol–water partition coefficient (Wildman–Crippen LogP) is 5.72. The summed E-state index contributed by atoms with van der Waals surface area (Å²) < 4.78 is 8.04. The minimum absolute atomic E-state index is 0.222. The van der Waals surface area contributed by atoms with E-state index in [2.05, 4.69) is 34.6 Å². The Kier molecular flexibility index (Phi) is 5.24. The van der Waals surface area contributed by atoms with Crippen LogP contribution in [-0.2, 0) is 6.54 Å². The van der Waals surface area contributed by atoms with Crippen LogP contribution in [0.15, 0.2) is 59.4 Å². The van der Waals surface area contributed by atoms with Crippen molar-refractivity contribution in [2.24, 2.45) is 0 Å². The summed E-state index contributed by atoms with van der Waals surface area (Å²) in [5.74, 6) is 0.210. The quantitative estimate of drug-likeness (QED) is 0.360. The third-order valence-electron chi connectivity index (χ3n) is 5.06. The lowest BCUT2D eigenvalue weighted by molar-refractivity contribution is 0.101. The van der Waals surface area contributed by atoms with Gasteiger partial charge in [0.2, 0.25) is 0 Å². The number of halogens is 1. The first-order valence-electron chi connectivity index (χ1n) is 9.88. The van der Waals surface area contributed by atoms with E-state index in [9.17, 15) is 4.79 Å². The van der Waals surface area contributed by atoms with Crippen molar-refractivity contribution in [1.82, 2.24) is 19.9 Å². The van der Waals surface area contributed by atoms with Gasteiger partial charge in [-0.2, -0.15) is 5.10 Å². The highest BCUT2D eigenvalue weighted by atomic mass is 35.5. The summed E-state index contributed by atoms with van der Waals surface area (Å²) >= 11 is 7.58. The van der Waals surface area contributed by atoms with Crippen molar-refractivity contribution in [3.8, 4) is 10.6 Å². The average molecular weight is 464 g/mol. The third kappa shape index (κ3) is 4.02. The first-order valence-corrected chi connectivity index (χ1v) is 11.1. The molecule has 1 N–H and O–H groups in total. The van der Waals surface area contributed by atoms with Crippen LogP contribution in [0.5, 0.6) is 0 Å². The number of anilines is 1. The highest BCUT2D eigenvalue weighted by Gasteiger charge is 2.21. The second kappa shape index (κ2) is 8.22. The maximum Gasteiger partial charge on any atom is 0.278 e. The number of nitrogens with zero attached hydrogens (tertiary/aromatic N) is 4. The van der Waals surface area contributed by atoms with Crippen molar-refractivity contribution in [3.05, 3.63) is 82.5 Å². The molecule has 7 nitrogen and oxygen atoms in total. The lowest BCUT2D eigenvalue weighted by atomic mass is 10.1. The molecule has 0 radical (unpaired) electrons. The summed E-state index contributed by atoms with van der Waals surface area (Å²) in [7, 11) is 0. The summed E-state index contributed by atoms with van der Waals surface area (Å²) in [6.45, 7) is 4.17. The summed E-state index contributed by atoms with van der Waals surface area (Å²) in [4.78, 5) is 17.6. The Balaban J connectivity index is 1.34. The monoisotopic (exact) mass is 463 g/mol. The molecular formula is C23H18ClN5O2S. The zero-order valence-electron chi connectivity index (χ0n) is 17.3. The highest BCUT2D eigenvalue weighted by Crippen LogP contribution is 2.31. The number of rotatable bonds is 5. The van der Waals surface area contributed by atoms with Gasteiger partial charge in [0.15, 0.2) is 5.69 Å². The van der Waals surface area contributed by atoms with Crippen molar-refractivity contribution >= 4 is 44.7 Å². The van der Waals surface area contributed by atoms with Crippen molar-refractivity contribution < 1.29 is 9.32 Å². The van der Waals surface area contributed by atoms with Crippen molar-refractivity contribution in [1.29, 1.82) is 0 Å². The van der Waals surface area contributed by atoms with E-state index in [1.807, 2.05) is 30.3 Å². The van der Waals surface area contributed by atoms with E-state index < -0.39 is 0 Å². The number of thiazole rings is 1. The van der Waals surface area contributed by atoms with Crippen LogP contribution in [0.3, 0.4) is 0 Å². The minimum atomic E-state index is -0.349. The Morgan fingerprint density at radius 3 is 2.75 bits per heavy atom. The molecule has 0 aliphatic heterocycles. The molecule has 0 spiro atoms. The molecule has 3 heterocycles. The Morgan fingerprint density at radius 2 is 2.00 bits per heavy atom. The van der Waals surface area contributed by atoms with E-state index in [0.29, 0.717) is 28.6 Å². The number of aryl methyl sites for hydroxylation is 2. The molecule has 5 rings (SSSR count). The molecule has 0 fully saturated rings. The SMILES string of the molecule is Cc1ccc2nc(-c3ccc(NC(=O)c4noc(C)c4Cn4cc(Cl)cn4)cc3)sc2c1. The largest absolute Gasteiger partial charge is 0.361 e. The minimum Gasteiger partial charge on any atom is -0.361 e. The zero-order valence-corrected chi connectivity index (χ0v) is 18.9. The second-order valence-corrected chi connectivity index (χ2v) is 8.91. The van der Waals surface area contributed by atoms with E-state index in [4.69, 9.17) is 21.1 Å². The van der Waals surface area contributed by atoms with Gasteiger partial charge in [0.05, 0.1) is 28.0 Å². The van der Waals surface area contributed by atoms with Crippen LogP contribution in [-0.4, -0.2) is 25.8 Å². The molecule has 5 aromatic rings. The van der Waals surface area contributed by atoms with Crippen LogP contribution in [0, 0.1) is 13.8 Å². The Bertz CT molecular complexity index is 1430. The van der Waals surface area contributed by atoms with E-state index in [0.717, 1.165) is 20.8 Å². The molecule has 0 atom stereocenters. The van der Waals surface area contributed by atoms with Gasteiger partial charge >= 0.3 is 0 Å². The van der Waals surface area contributed by atoms with Crippen molar-refractivity contribution in [3.63, 3.8) is 0 Å². The second-order valence-electron chi connectivity index (χ2n) is 7.44.